The van der Waals surface area contributed by atoms with Gasteiger partial charge in [-0.15, -0.1) is 0 Å². The van der Waals surface area contributed by atoms with Crippen molar-refractivity contribution >= 4 is 5.91 Å². The number of likely N-dealkylation sites (tertiary alicyclic amines) is 1. The molecule has 4 rings (SSSR count). The molecule has 2 aliphatic rings. The van der Waals surface area contributed by atoms with Gasteiger partial charge in [-0.05, 0) is 80.2 Å². The van der Waals surface area contributed by atoms with Crippen LogP contribution in [0.15, 0.2) is 36.4 Å². The number of carbonyl (C=O) groups is 1. The second-order valence-corrected chi connectivity index (χ2v) is 11.3. The molecule has 1 amide bonds. The highest BCUT2D eigenvalue weighted by atomic mass is 16.7. The first kappa shape index (κ1) is 26.3. The fraction of sp³-hybridized carbons (Fsp3) is 0.552. The lowest BCUT2D eigenvalue weighted by Gasteiger charge is -2.31. The molecule has 0 radical (unpaired) electrons. The molecule has 0 spiro atoms. The van der Waals surface area contributed by atoms with Crippen LogP contribution in [-0.2, 0) is 11.3 Å². The Bertz CT molecular complexity index is 1050. The molecule has 0 aliphatic carbocycles. The van der Waals surface area contributed by atoms with Crippen molar-refractivity contribution in [3.63, 3.8) is 0 Å². The molecule has 1 saturated heterocycles. The quantitative estimate of drug-likeness (QED) is 0.527. The predicted octanol–water partition coefficient (Wildman–Crippen LogP) is 4.40. The normalized spacial score (nSPS) is 17.9. The van der Waals surface area contributed by atoms with E-state index in [-0.39, 0.29) is 24.7 Å². The van der Waals surface area contributed by atoms with E-state index in [0.29, 0.717) is 12.5 Å². The van der Waals surface area contributed by atoms with Crippen molar-refractivity contribution in [2.75, 3.05) is 53.7 Å². The number of hydrogen-bond donors (Lipinski definition) is 1. The van der Waals surface area contributed by atoms with Gasteiger partial charge in [-0.3, -0.25) is 9.69 Å². The highest BCUT2D eigenvalue weighted by molar-refractivity contribution is 5.77. The van der Waals surface area contributed by atoms with Crippen LogP contribution in [-0.4, -0.2) is 69.4 Å². The van der Waals surface area contributed by atoms with Gasteiger partial charge in [0.2, 0.25) is 6.79 Å². The summed E-state index contributed by atoms with van der Waals surface area (Å²) in [7, 11) is 4.09. The van der Waals surface area contributed by atoms with Crippen LogP contribution in [0.25, 0.3) is 11.1 Å². The van der Waals surface area contributed by atoms with Crippen molar-refractivity contribution in [3.05, 3.63) is 42.0 Å². The first-order valence-electron chi connectivity index (χ1n) is 13.0. The molecule has 0 bridgehead atoms. The van der Waals surface area contributed by atoms with Gasteiger partial charge in [0.1, 0.15) is 5.75 Å². The summed E-state index contributed by atoms with van der Waals surface area (Å²) in [6.45, 7) is 11.4. The van der Waals surface area contributed by atoms with Crippen LogP contribution < -0.4 is 19.5 Å². The van der Waals surface area contributed by atoms with E-state index in [9.17, 15) is 4.79 Å². The molecule has 7 nitrogen and oxygen atoms in total. The van der Waals surface area contributed by atoms with E-state index < -0.39 is 0 Å². The summed E-state index contributed by atoms with van der Waals surface area (Å²) < 4.78 is 17.1. The number of hydrogen-bond acceptors (Lipinski definition) is 6. The molecule has 196 valence electrons. The molecular weight excluding hydrogens is 454 g/mol. The molecule has 2 heterocycles. The molecule has 1 unspecified atom stereocenters. The SMILES string of the molecule is CC1CCCN(Cc2cc(-c3ccc4c(c3)OCO4)ccc2OCC(=O)NCC(C)(C)CN(C)C)C1. The molecule has 1 fully saturated rings. The smallest absolute Gasteiger partial charge is 0.257 e. The van der Waals surface area contributed by atoms with Crippen LogP contribution in [0.4, 0.5) is 0 Å². The van der Waals surface area contributed by atoms with Crippen LogP contribution in [0.2, 0.25) is 0 Å². The van der Waals surface area contributed by atoms with Crippen molar-refractivity contribution < 1.29 is 19.0 Å². The summed E-state index contributed by atoms with van der Waals surface area (Å²) >= 11 is 0. The third kappa shape index (κ3) is 7.14. The third-order valence-electron chi connectivity index (χ3n) is 6.77. The predicted molar refractivity (Wildman–Crippen MR) is 143 cm³/mol. The maximum atomic E-state index is 12.6. The zero-order valence-corrected chi connectivity index (χ0v) is 22.4. The lowest BCUT2D eigenvalue weighted by atomic mass is 9.93. The van der Waals surface area contributed by atoms with E-state index >= 15 is 0 Å². The minimum absolute atomic E-state index is 0.00478. The Morgan fingerprint density at radius 2 is 1.89 bits per heavy atom. The average molecular weight is 496 g/mol. The van der Waals surface area contributed by atoms with Gasteiger partial charge in [-0.25, -0.2) is 0 Å². The van der Waals surface area contributed by atoms with Crippen LogP contribution in [0.5, 0.6) is 17.2 Å². The van der Waals surface area contributed by atoms with E-state index in [2.05, 4.69) is 48.0 Å². The first-order chi connectivity index (χ1) is 17.2. The second kappa shape index (κ2) is 11.5. The van der Waals surface area contributed by atoms with E-state index in [0.717, 1.165) is 60.1 Å². The molecule has 7 heteroatoms. The molecule has 1 atom stereocenters. The van der Waals surface area contributed by atoms with Gasteiger partial charge in [0.05, 0.1) is 0 Å². The molecule has 36 heavy (non-hydrogen) atoms. The Hall–Kier alpha value is -2.77. The second-order valence-electron chi connectivity index (χ2n) is 11.3. The Labute approximate surface area is 215 Å². The van der Waals surface area contributed by atoms with E-state index in [4.69, 9.17) is 14.2 Å². The van der Waals surface area contributed by atoms with E-state index in [1.54, 1.807) is 0 Å². The van der Waals surface area contributed by atoms with Gasteiger partial charge in [-0.1, -0.05) is 32.9 Å². The number of fused-ring (bicyclic) bond motifs is 1. The number of nitrogens with one attached hydrogen (secondary N) is 1. The number of nitrogens with zero attached hydrogens (tertiary/aromatic N) is 2. The first-order valence-corrected chi connectivity index (χ1v) is 13.0. The molecule has 2 aromatic carbocycles. The average Bonchev–Trinajstić information content (AvgIpc) is 3.29. The van der Waals surface area contributed by atoms with Gasteiger partial charge >= 0.3 is 0 Å². The van der Waals surface area contributed by atoms with Crippen molar-refractivity contribution in [2.45, 2.75) is 40.2 Å². The topological polar surface area (TPSA) is 63.3 Å². The summed E-state index contributed by atoms with van der Waals surface area (Å²) in [6, 6.07) is 12.3. The third-order valence-corrected chi connectivity index (χ3v) is 6.77. The summed E-state index contributed by atoms with van der Waals surface area (Å²) in [5.41, 5.74) is 3.25. The van der Waals surface area contributed by atoms with Gasteiger partial charge in [0, 0.05) is 31.7 Å². The Morgan fingerprint density at radius 1 is 1.14 bits per heavy atom. The number of amides is 1. The van der Waals surface area contributed by atoms with Crippen molar-refractivity contribution in [1.82, 2.24) is 15.1 Å². The van der Waals surface area contributed by atoms with Gasteiger partial charge in [0.15, 0.2) is 18.1 Å². The van der Waals surface area contributed by atoms with Crippen molar-refractivity contribution in [3.8, 4) is 28.4 Å². The maximum absolute atomic E-state index is 12.6. The Morgan fingerprint density at radius 3 is 2.67 bits per heavy atom. The molecule has 2 aliphatic heterocycles. The zero-order valence-electron chi connectivity index (χ0n) is 22.4. The monoisotopic (exact) mass is 495 g/mol. The highest BCUT2D eigenvalue weighted by Gasteiger charge is 2.22. The molecule has 1 N–H and O–H groups in total. The molecular formula is C29H41N3O4. The molecule has 0 aromatic heterocycles. The van der Waals surface area contributed by atoms with Gasteiger partial charge in [0.25, 0.3) is 5.91 Å². The van der Waals surface area contributed by atoms with Gasteiger partial charge in [-0.2, -0.15) is 0 Å². The van der Waals surface area contributed by atoms with Crippen LogP contribution >= 0.6 is 0 Å². The summed E-state index contributed by atoms with van der Waals surface area (Å²) in [4.78, 5) is 17.2. The summed E-state index contributed by atoms with van der Waals surface area (Å²) in [6.07, 6.45) is 2.49. The number of ether oxygens (including phenoxy) is 3. The molecule has 0 saturated carbocycles. The van der Waals surface area contributed by atoms with Gasteiger partial charge < -0.3 is 24.4 Å². The Kier molecular flexibility index (Phi) is 8.42. The number of benzene rings is 2. The van der Waals surface area contributed by atoms with Crippen LogP contribution in [0.3, 0.4) is 0 Å². The van der Waals surface area contributed by atoms with Crippen LogP contribution in [0.1, 0.15) is 39.2 Å². The van der Waals surface area contributed by atoms with Crippen molar-refractivity contribution in [1.29, 1.82) is 0 Å². The van der Waals surface area contributed by atoms with Crippen molar-refractivity contribution in [2.24, 2.45) is 11.3 Å². The standard InChI is InChI=1S/C29H41N3O4/c1-21-7-6-12-32(15-21)16-24-13-22(23-9-11-26-27(14-23)36-20-35-26)8-10-25(24)34-17-28(33)30-18-29(2,3)19-31(4)5/h8-11,13-14,21H,6-7,12,15-20H2,1-5H3,(H,30,33). The Balaban J connectivity index is 1.47. The summed E-state index contributed by atoms with van der Waals surface area (Å²) in [5, 5.41) is 3.04. The minimum Gasteiger partial charge on any atom is -0.483 e. The minimum atomic E-state index is -0.0979. The zero-order chi connectivity index (χ0) is 25.7. The van der Waals surface area contributed by atoms with E-state index in [1.807, 2.05) is 38.4 Å². The maximum Gasteiger partial charge on any atom is 0.257 e. The largest absolute Gasteiger partial charge is 0.483 e. The fourth-order valence-corrected chi connectivity index (χ4v) is 5.21. The number of carbonyl (C=O) groups excluding carboxylic acids is 1. The highest BCUT2D eigenvalue weighted by Crippen LogP contribution is 2.37. The number of piperidine rings is 1. The fourth-order valence-electron chi connectivity index (χ4n) is 5.21. The van der Waals surface area contributed by atoms with Crippen LogP contribution in [0, 0.1) is 11.3 Å². The number of rotatable bonds is 10. The van der Waals surface area contributed by atoms with E-state index in [1.165, 1.54) is 12.8 Å². The summed E-state index contributed by atoms with van der Waals surface area (Å²) in [5.74, 6) is 2.91. The lowest BCUT2D eigenvalue weighted by molar-refractivity contribution is -0.123. The molecule has 2 aromatic rings. The lowest BCUT2D eigenvalue weighted by Crippen LogP contribution is -2.41.